The number of phenols is 2. The fourth-order valence-electron chi connectivity index (χ4n) is 3.02. The normalized spacial score (nSPS) is 28.9. The van der Waals surface area contributed by atoms with E-state index < -0.39 is 74.3 Å². The minimum atomic E-state index is -1.78. The molecule has 0 unspecified atom stereocenters. The average Bonchev–Trinajstić information content (AvgIpc) is 2.80. The Bertz CT molecular complexity index is 829. The fraction of sp³-hybridized carbons (Fsp3) is 0.571. The molecule has 0 aliphatic carbocycles. The first kappa shape index (κ1) is 27.9. The van der Waals surface area contributed by atoms with Crippen molar-refractivity contribution in [2.45, 2.75) is 62.0 Å². The van der Waals surface area contributed by atoms with Crippen molar-refractivity contribution in [2.24, 2.45) is 0 Å². The van der Waals surface area contributed by atoms with Crippen LogP contribution in [0.1, 0.15) is 12.5 Å². The molecule has 1 fully saturated rings. The molecular weight excluding hydrogens is 460 g/mol. The Balaban J connectivity index is 1.91. The summed E-state index contributed by atoms with van der Waals surface area (Å²) >= 11 is 0. The van der Waals surface area contributed by atoms with Crippen molar-refractivity contribution in [3.63, 3.8) is 0 Å². The standard InChI is InChI=1S/C21H30O13/c1-9(22)16(27)17(28)13(25)7-33-21-20(31)19(30)18(29)14(34-21)8-32-15(26)5-3-10-2-4-11(23)12(24)6-10/h2-6,9,13-14,16-25,27-31H,7-8H2,1H3/t9-,13+,14+,16-,17-,18-,19+,20-,21+/m0/s1. The van der Waals surface area contributed by atoms with E-state index in [1.807, 2.05) is 0 Å². The van der Waals surface area contributed by atoms with E-state index in [-0.39, 0.29) is 11.5 Å². The lowest BCUT2D eigenvalue weighted by Crippen LogP contribution is -2.60. The van der Waals surface area contributed by atoms with Crippen molar-refractivity contribution in [3.05, 3.63) is 29.8 Å². The van der Waals surface area contributed by atoms with E-state index >= 15 is 0 Å². The molecule has 0 spiro atoms. The highest BCUT2D eigenvalue weighted by molar-refractivity contribution is 5.87. The zero-order valence-electron chi connectivity index (χ0n) is 18.2. The third-order valence-corrected chi connectivity index (χ3v) is 5.14. The molecule has 9 N–H and O–H groups in total. The molecular formula is C21H30O13. The molecule has 1 aromatic rings. The summed E-state index contributed by atoms with van der Waals surface area (Å²) in [6.45, 7) is -0.0339. The van der Waals surface area contributed by atoms with E-state index in [4.69, 9.17) is 14.2 Å². The minimum absolute atomic E-state index is 0.332. The SMILES string of the molecule is C[C@H](O)[C@H](O)[C@@H](O)[C@H](O)CO[C@@H]1O[C@H](COC(=O)C=Cc2ccc(O)c(O)c2)[C@H](O)[C@@H](O)[C@@H]1O. The summed E-state index contributed by atoms with van der Waals surface area (Å²) in [6.07, 6.45) is -12.3. The van der Waals surface area contributed by atoms with Gasteiger partial charge in [0.05, 0.1) is 12.7 Å². The molecule has 34 heavy (non-hydrogen) atoms. The lowest BCUT2D eigenvalue weighted by molar-refractivity contribution is -0.307. The van der Waals surface area contributed by atoms with Crippen molar-refractivity contribution in [3.8, 4) is 11.5 Å². The second-order valence-corrected chi connectivity index (χ2v) is 7.85. The highest BCUT2D eigenvalue weighted by atomic mass is 16.7. The molecule has 9 atom stereocenters. The summed E-state index contributed by atoms with van der Waals surface area (Å²) in [7, 11) is 0. The number of carbonyl (C=O) groups excluding carboxylic acids is 1. The van der Waals surface area contributed by atoms with E-state index in [1.165, 1.54) is 31.2 Å². The van der Waals surface area contributed by atoms with Crippen LogP contribution >= 0.6 is 0 Å². The quantitative estimate of drug-likeness (QED) is 0.0903. The van der Waals surface area contributed by atoms with Gasteiger partial charge in [0.2, 0.25) is 0 Å². The number of aromatic hydroxyl groups is 2. The molecule has 1 saturated heterocycles. The smallest absolute Gasteiger partial charge is 0.330 e. The first-order chi connectivity index (χ1) is 15.9. The minimum Gasteiger partial charge on any atom is -0.504 e. The van der Waals surface area contributed by atoms with Gasteiger partial charge in [-0.25, -0.2) is 4.79 Å². The Morgan fingerprint density at radius 2 is 1.71 bits per heavy atom. The van der Waals surface area contributed by atoms with E-state index in [2.05, 4.69) is 0 Å². The molecule has 0 aromatic heterocycles. The van der Waals surface area contributed by atoms with Gasteiger partial charge in [0.1, 0.15) is 49.3 Å². The monoisotopic (exact) mass is 490 g/mol. The number of aliphatic hydroxyl groups excluding tert-OH is 7. The van der Waals surface area contributed by atoms with Crippen LogP contribution in [0.5, 0.6) is 11.5 Å². The third kappa shape index (κ3) is 7.33. The summed E-state index contributed by atoms with van der Waals surface area (Å²) in [6, 6.07) is 3.86. The Morgan fingerprint density at radius 1 is 1.03 bits per heavy atom. The van der Waals surface area contributed by atoms with Gasteiger partial charge in [-0.05, 0) is 30.7 Å². The van der Waals surface area contributed by atoms with Crippen LogP contribution in [0.2, 0.25) is 0 Å². The zero-order chi connectivity index (χ0) is 25.6. The second-order valence-electron chi connectivity index (χ2n) is 7.85. The topological polar surface area (TPSA) is 227 Å². The number of rotatable bonds is 10. The van der Waals surface area contributed by atoms with Gasteiger partial charge in [-0.1, -0.05) is 6.07 Å². The Labute approximate surface area is 194 Å². The average molecular weight is 490 g/mol. The first-order valence-corrected chi connectivity index (χ1v) is 10.3. The van der Waals surface area contributed by atoms with Gasteiger partial charge >= 0.3 is 5.97 Å². The van der Waals surface area contributed by atoms with Crippen molar-refractivity contribution in [1.29, 1.82) is 0 Å². The van der Waals surface area contributed by atoms with Crippen LogP contribution in [0.3, 0.4) is 0 Å². The summed E-state index contributed by atoms with van der Waals surface area (Å²) in [4.78, 5) is 11.9. The predicted octanol–water partition coefficient (Wildman–Crippen LogP) is -3.06. The fourth-order valence-corrected chi connectivity index (χ4v) is 3.02. The third-order valence-electron chi connectivity index (χ3n) is 5.14. The molecule has 13 nitrogen and oxygen atoms in total. The number of carbonyl (C=O) groups is 1. The lowest BCUT2D eigenvalue weighted by atomic mass is 9.99. The molecule has 1 aromatic carbocycles. The largest absolute Gasteiger partial charge is 0.504 e. The lowest BCUT2D eigenvalue weighted by Gasteiger charge is -2.40. The van der Waals surface area contributed by atoms with Gasteiger partial charge in [-0.3, -0.25) is 0 Å². The van der Waals surface area contributed by atoms with Gasteiger partial charge in [-0.2, -0.15) is 0 Å². The highest BCUT2D eigenvalue weighted by Gasteiger charge is 2.45. The number of phenolic OH excluding ortho intramolecular Hbond substituents is 2. The molecule has 192 valence electrons. The van der Waals surface area contributed by atoms with Crippen molar-refractivity contribution in [2.75, 3.05) is 13.2 Å². The molecule has 2 rings (SSSR count). The summed E-state index contributed by atoms with van der Waals surface area (Å²) in [5.41, 5.74) is 0.384. The van der Waals surface area contributed by atoms with Crippen LogP contribution in [0.15, 0.2) is 24.3 Å². The maximum Gasteiger partial charge on any atom is 0.330 e. The zero-order valence-corrected chi connectivity index (χ0v) is 18.2. The summed E-state index contributed by atoms with van der Waals surface area (Å²) in [5.74, 6) is -1.58. The molecule has 0 amide bonds. The van der Waals surface area contributed by atoms with Gasteiger partial charge in [-0.15, -0.1) is 0 Å². The van der Waals surface area contributed by atoms with E-state index in [9.17, 15) is 50.8 Å². The molecule has 0 bridgehead atoms. The molecule has 0 radical (unpaired) electrons. The van der Waals surface area contributed by atoms with E-state index in [0.29, 0.717) is 5.56 Å². The molecule has 1 aliphatic heterocycles. The van der Waals surface area contributed by atoms with Gasteiger partial charge < -0.3 is 60.2 Å². The van der Waals surface area contributed by atoms with E-state index in [1.54, 1.807) is 0 Å². The molecule has 0 saturated carbocycles. The van der Waals surface area contributed by atoms with Crippen molar-refractivity contribution in [1.82, 2.24) is 0 Å². The summed E-state index contributed by atoms with van der Waals surface area (Å²) in [5, 5.41) is 87.5. The highest BCUT2D eigenvalue weighted by Crippen LogP contribution is 2.26. The van der Waals surface area contributed by atoms with Crippen LogP contribution in [0.4, 0.5) is 0 Å². The predicted molar refractivity (Wildman–Crippen MR) is 112 cm³/mol. The van der Waals surface area contributed by atoms with Gasteiger partial charge in [0.25, 0.3) is 0 Å². The number of hydrogen-bond acceptors (Lipinski definition) is 13. The van der Waals surface area contributed by atoms with Crippen LogP contribution in [0, 0.1) is 0 Å². The van der Waals surface area contributed by atoms with Gasteiger partial charge in [0.15, 0.2) is 17.8 Å². The van der Waals surface area contributed by atoms with E-state index in [0.717, 1.165) is 6.08 Å². The first-order valence-electron chi connectivity index (χ1n) is 10.3. The number of benzene rings is 1. The van der Waals surface area contributed by atoms with Crippen molar-refractivity contribution < 1.29 is 65.0 Å². The molecule has 1 heterocycles. The number of ether oxygens (including phenoxy) is 3. The maximum absolute atomic E-state index is 11.9. The number of esters is 1. The van der Waals surface area contributed by atoms with Crippen LogP contribution in [-0.2, 0) is 19.0 Å². The maximum atomic E-state index is 11.9. The molecule has 1 aliphatic rings. The molecule has 13 heteroatoms. The number of hydrogen-bond donors (Lipinski definition) is 9. The van der Waals surface area contributed by atoms with Gasteiger partial charge in [0, 0.05) is 6.08 Å². The summed E-state index contributed by atoms with van der Waals surface area (Å²) < 4.78 is 15.4. The van der Waals surface area contributed by atoms with Crippen molar-refractivity contribution >= 4 is 12.0 Å². The Hall–Kier alpha value is -2.33. The number of aliphatic hydroxyl groups is 7. The Kier molecular flexibility index (Phi) is 10.2. The van der Waals surface area contributed by atoms with Crippen LogP contribution in [-0.4, -0.2) is 120 Å². The van der Waals surface area contributed by atoms with Crippen LogP contribution in [0.25, 0.3) is 6.08 Å². The van der Waals surface area contributed by atoms with Crippen LogP contribution < -0.4 is 0 Å². The second kappa shape index (κ2) is 12.4. The Morgan fingerprint density at radius 3 is 2.32 bits per heavy atom.